The van der Waals surface area contributed by atoms with Crippen LogP contribution in [0.5, 0.6) is 0 Å². The van der Waals surface area contributed by atoms with E-state index in [-0.39, 0.29) is 37.5 Å². The Morgan fingerprint density at radius 1 is 0.375 bits per heavy atom. The molecule has 1 atom stereocenters. The number of allylic oxidation sites excluding steroid dienone is 12. The number of hydrogen-bond donors (Lipinski definition) is 0. The van der Waals surface area contributed by atoms with Crippen LogP contribution in [-0.4, -0.2) is 37.2 Å². The first-order valence-electron chi connectivity index (χ1n) is 22.9. The normalized spacial score (nSPS) is 12.7. The van der Waals surface area contributed by atoms with E-state index in [0.29, 0.717) is 19.3 Å². The van der Waals surface area contributed by atoms with E-state index in [4.69, 9.17) is 14.2 Å². The van der Waals surface area contributed by atoms with Crippen LogP contribution in [0.4, 0.5) is 0 Å². The highest BCUT2D eigenvalue weighted by atomic mass is 16.6. The molecular weight excluding hydrogens is 697 g/mol. The molecule has 320 valence electrons. The molecule has 56 heavy (non-hydrogen) atoms. The van der Waals surface area contributed by atoms with Crippen LogP contribution in [0.1, 0.15) is 207 Å². The highest BCUT2D eigenvalue weighted by molar-refractivity contribution is 5.71. The van der Waals surface area contributed by atoms with Crippen molar-refractivity contribution < 1.29 is 28.6 Å². The second-order valence-electron chi connectivity index (χ2n) is 14.9. The minimum atomic E-state index is -0.804. The fourth-order valence-corrected chi connectivity index (χ4v) is 6.02. The van der Waals surface area contributed by atoms with E-state index in [1.165, 1.54) is 44.9 Å². The Balaban J connectivity index is 4.47. The van der Waals surface area contributed by atoms with Gasteiger partial charge in [-0.1, -0.05) is 158 Å². The third-order valence-electron chi connectivity index (χ3n) is 9.43. The van der Waals surface area contributed by atoms with Crippen molar-refractivity contribution in [1.29, 1.82) is 0 Å². The van der Waals surface area contributed by atoms with Crippen molar-refractivity contribution in [2.24, 2.45) is 0 Å². The first kappa shape index (κ1) is 52.9. The van der Waals surface area contributed by atoms with Gasteiger partial charge in [-0.2, -0.15) is 0 Å². The summed E-state index contributed by atoms with van der Waals surface area (Å²) in [6.45, 7) is 6.33. The van der Waals surface area contributed by atoms with Crippen LogP contribution in [0, 0.1) is 0 Å². The average molecular weight is 781 g/mol. The first-order chi connectivity index (χ1) is 27.5. The minimum Gasteiger partial charge on any atom is -0.462 e. The summed E-state index contributed by atoms with van der Waals surface area (Å²) in [6, 6.07) is 0. The molecule has 0 fully saturated rings. The van der Waals surface area contributed by atoms with Gasteiger partial charge in [0.25, 0.3) is 0 Å². The second kappa shape index (κ2) is 44.6. The van der Waals surface area contributed by atoms with Crippen molar-refractivity contribution in [3.63, 3.8) is 0 Å². The van der Waals surface area contributed by atoms with Gasteiger partial charge in [-0.25, -0.2) is 0 Å². The van der Waals surface area contributed by atoms with Crippen molar-refractivity contribution >= 4 is 17.9 Å². The SMILES string of the molecule is CC/C=C\C/C=C\C/C=C\CCCCC(=O)OC(COC(=O)CCCCC/C=C\CCCCCCCCC)COC(=O)CCCCCCC/C=C\C/C=C\CC. The van der Waals surface area contributed by atoms with Crippen LogP contribution < -0.4 is 0 Å². The van der Waals surface area contributed by atoms with Crippen molar-refractivity contribution in [3.05, 3.63) is 72.9 Å². The molecule has 0 aliphatic rings. The van der Waals surface area contributed by atoms with Crippen LogP contribution in [0.25, 0.3) is 0 Å². The molecule has 0 aliphatic carbocycles. The molecule has 0 heterocycles. The fourth-order valence-electron chi connectivity index (χ4n) is 6.02. The van der Waals surface area contributed by atoms with Gasteiger partial charge >= 0.3 is 17.9 Å². The van der Waals surface area contributed by atoms with E-state index in [9.17, 15) is 14.4 Å². The average Bonchev–Trinajstić information content (AvgIpc) is 3.19. The molecule has 0 aromatic rings. The van der Waals surface area contributed by atoms with Gasteiger partial charge in [0.05, 0.1) is 0 Å². The molecular formula is C50H84O6. The molecule has 0 N–H and O–H groups in total. The topological polar surface area (TPSA) is 78.9 Å². The summed E-state index contributed by atoms with van der Waals surface area (Å²) < 4.78 is 16.6. The number of carbonyl (C=O) groups excluding carboxylic acids is 3. The number of hydrogen-bond acceptors (Lipinski definition) is 6. The Labute approximate surface area is 344 Å². The van der Waals surface area contributed by atoms with Gasteiger partial charge in [0.1, 0.15) is 13.2 Å². The van der Waals surface area contributed by atoms with E-state index in [1.807, 2.05) is 0 Å². The van der Waals surface area contributed by atoms with Crippen molar-refractivity contribution in [3.8, 4) is 0 Å². The Bertz CT molecular complexity index is 1080. The maximum atomic E-state index is 12.7. The third-order valence-corrected chi connectivity index (χ3v) is 9.43. The lowest BCUT2D eigenvalue weighted by molar-refractivity contribution is -0.167. The van der Waals surface area contributed by atoms with E-state index in [1.54, 1.807) is 0 Å². The van der Waals surface area contributed by atoms with Gasteiger partial charge in [-0.15, -0.1) is 0 Å². The van der Waals surface area contributed by atoms with Gasteiger partial charge in [-0.3, -0.25) is 14.4 Å². The lowest BCUT2D eigenvalue weighted by Gasteiger charge is -2.18. The number of esters is 3. The summed E-state index contributed by atoms with van der Waals surface area (Å²) in [4.78, 5) is 37.7. The molecule has 0 saturated carbocycles. The van der Waals surface area contributed by atoms with Gasteiger partial charge in [0, 0.05) is 19.3 Å². The van der Waals surface area contributed by atoms with Gasteiger partial charge in [0.2, 0.25) is 0 Å². The maximum Gasteiger partial charge on any atom is 0.306 e. The molecule has 0 spiro atoms. The molecule has 6 nitrogen and oxygen atoms in total. The largest absolute Gasteiger partial charge is 0.462 e. The number of unbranched alkanes of at least 4 members (excludes halogenated alkanes) is 17. The maximum absolute atomic E-state index is 12.7. The Morgan fingerprint density at radius 2 is 0.696 bits per heavy atom. The van der Waals surface area contributed by atoms with Crippen molar-refractivity contribution in [2.45, 2.75) is 213 Å². The third kappa shape index (κ3) is 42.0. The molecule has 1 unspecified atom stereocenters. The van der Waals surface area contributed by atoms with E-state index in [2.05, 4.69) is 93.7 Å². The van der Waals surface area contributed by atoms with E-state index >= 15 is 0 Å². The number of ether oxygens (including phenoxy) is 3. The van der Waals surface area contributed by atoms with Gasteiger partial charge in [0.15, 0.2) is 6.10 Å². The summed E-state index contributed by atoms with van der Waals surface area (Å²) in [5.74, 6) is -0.980. The molecule has 0 aromatic carbocycles. The molecule has 0 rings (SSSR count). The fraction of sp³-hybridized carbons (Fsp3) is 0.700. The predicted octanol–water partition coefficient (Wildman–Crippen LogP) is 14.7. The Morgan fingerprint density at radius 3 is 1.16 bits per heavy atom. The predicted molar refractivity (Wildman–Crippen MR) is 238 cm³/mol. The summed E-state index contributed by atoms with van der Waals surface area (Å²) in [7, 11) is 0. The molecule has 0 aliphatic heterocycles. The zero-order chi connectivity index (χ0) is 40.8. The van der Waals surface area contributed by atoms with E-state index < -0.39 is 6.10 Å². The summed E-state index contributed by atoms with van der Waals surface area (Å²) in [5, 5.41) is 0. The zero-order valence-corrected chi connectivity index (χ0v) is 36.4. The number of carbonyl (C=O) groups is 3. The molecule has 0 saturated heterocycles. The van der Waals surface area contributed by atoms with Crippen molar-refractivity contribution in [2.75, 3.05) is 13.2 Å². The quantitative estimate of drug-likeness (QED) is 0.0267. The van der Waals surface area contributed by atoms with Crippen LogP contribution in [0.2, 0.25) is 0 Å². The highest BCUT2D eigenvalue weighted by Crippen LogP contribution is 2.12. The minimum absolute atomic E-state index is 0.104. The van der Waals surface area contributed by atoms with Gasteiger partial charge < -0.3 is 14.2 Å². The number of rotatable bonds is 40. The second-order valence-corrected chi connectivity index (χ2v) is 14.9. The lowest BCUT2D eigenvalue weighted by Crippen LogP contribution is -2.30. The van der Waals surface area contributed by atoms with Crippen molar-refractivity contribution in [1.82, 2.24) is 0 Å². The van der Waals surface area contributed by atoms with Crippen LogP contribution >= 0.6 is 0 Å². The summed E-state index contributed by atoms with van der Waals surface area (Å²) in [5.41, 5.74) is 0. The monoisotopic (exact) mass is 781 g/mol. The van der Waals surface area contributed by atoms with Crippen LogP contribution in [0.3, 0.4) is 0 Å². The van der Waals surface area contributed by atoms with Crippen LogP contribution in [-0.2, 0) is 28.6 Å². The molecule has 0 amide bonds. The Kier molecular flexibility index (Phi) is 42.1. The van der Waals surface area contributed by atoms with E-state index in [0.717, 1.165) is 116 Å². The molecule has 0 aromatic heterocycles. The molecule has 0 bridgehead atoms. The smallest absolute Gasteiger partial charge is 0.306 e. The summed E-state index contributed by atoms with van der Waals surface area (Å²) in [6.07, 6.45) is 54.6. The standard InChI is InChI=1S/C50H84O6/c1-4-7-10-13-16-19-22-25-26-29-31-34-37-40-43-49(52)55-46-47(56-50(53)44-41-38-35-32-28-24-21-18-15-12-9-6-3)45-54-48(51)42-39-36-33-30-27-23-20-17-14-11-8-5-2/h8-9,11-12,17-18,20-21,26,28-29,32,47H,4-7,10,13-16,19,22-25,27,30-31,33-46H2,1-3H3/b11-8-,12-9-,20-17-,21-18-,29-26-,32-28-. The van der Waals surface area contributed by atoms with Crippen LogP contribution in [0.15, 0.2) is 72.9 Å². The summed E-state index contributed by atoms with van der Waals surface area (Å²) >= 11 is 0. The first-order valence-corrected chi connectivity index (χ1v) is 22.9. The molecule has 6 heteroatoms. The lowest BCUT2D eigenvalue weighted by atomic mass is 10.1. The highest BCUT2D eigenvalue weighted by Gasteiger charge is 2.19. The zero-order valence-electron chi connectivity index (χ0n) is 36.4. The Hall–Kier alpha value is -3.15. The van der Waals surface area contributed by atoms with Gasteiger partial charge in [-0.05, 0) is 103 Å². The molecule has 0 radical (unpaired) electrons.